The van der Waals surface area contributed by atoms with Crippen LogP contribution in [0.4, 0.5) is 0 Å². The molecule has 0 aromatic heterocycles. The first-order chi connectivity index (χ1) is 36.8. The largest absolute Gasteiger partial charge is 0.0571 e. The second-order valence-electron chi connectivity index (χ2n) is 27.6. The van der Waals surface area contributed by atoms with Crippen molar-refractivity contribution >= 4 is 16.1 Å². The van der Waals surface area contributed by atoms with Crippen LogP contribution in [0.1, 0.15) is 411 Å². The summed E-state index contributed by atoms with van der Waals surface area (Å²) in [6, 6.07) is 13.6. The van der Waals surface area contributed by atoms with Gasteiger partial charge in [0.05, 0.1) is 16.1 Å². The minimum absolute atomic E-state index is 1.22. The molecule has 0 spiro atoms. The topological polar surface area (TPSA) is 0 Å². The zero-order valence-corrected chi connectivity index (χ0v) is 53.9. The molecule has 0 amide bonds. The Kier molecular flexibility index (Phi) is 50.2. The summed E-state index contributed by atoms with van der Waals surface area (Å²) in [5.41, 5.74) is 0. The molecule has 6 heterocycles. The Hall–Kier alpha value is 0.434. The quantitative estimate of drug-likeness (QED) is 0.212. The molecule has 6 aliphatic heterocycles. The highest BCUT2D eigenvalue weighted by molar-refractivity contribution is 6.80. The van der Waals surface area contributed by atoms with Crippen LogP contribution in [0.15, 0.2) is 0 Å². The van der Waals surface area contributed by atoms with E-state index < -0.39 is 16.1 Å². The van der Waals surface area contributed by atoms with Crippen molar-refractivity contribution in [3.8, 4) is 0 Å². The maximum atomic E-state index is 1.70. The van der Waals surface area contributed by atoms with Gasteiger partial charge in [-0.25, -0.2) is 0 Å². The molecule has 6 saturated heterocycles. The van der Waals surface area contributed by atoms with Crippen LogP contribution in [0.5, 0.6) is 0 Å². The summed E-state index contributed by atoms with van der Waals surface area (Å²) in [4.78, 5) is 0. The average molecular weight is 1070 g/mol. The lowest BCUT2D eigenvalue weighted by molar-refractivity contribution is 0.525. The van der Waals surface area contributed by atoms with Gasteiger partial charge in [-0.2, -0.15) is 0 Å². The van der Waals surface area contributed by atoms with Gasteiger partial charge < -0.3 is 0 Å². The van der Waals surface area contributed by atoms with Gasteiger partial charge in [0.25, 0.3) is 0 Å². The Morgan fingerprint density at radius 2 is 0.122 bits per heavy atom. The molecule has 0 aromatic carbocycles. The van der Waals surface area contributed by atoms with E-state index in [1.54, 1.807) is 151 Å². The number of hydrogen-bond acceptors (Lipinski definition) is 0. The van der Waals surface area contributed by atoms with Crippen LogP contribution < -0.4 is 0 Å². The highest BCUT2D eigenvalue weighted by Crippen LogP contribution is 2.37. The van der Waals surface area contributed by atoms with Crippen molar-refractivity contribution in [1.82, 2.24) is 0 Å². The lowest BCUT2D eigenvalue weighted by atomic mass is 10.0. The van der Waals surface area contributed by atoms with E-state index in [9.17, 15) is 0 Å². The Bertz CT molecular complexity index is 828. The van der Waals surface area contributed by atoms with Crippen LogP contribution in [0.3, 0.4) is 0 Å². The van der Waals surface area contributed by atoms with Crippen LogP contribution in [-0.4, -0.2) is 16.1 Å². The second kappa shape index (κ2) is 54.0. The van der Waals surface area contributed by atoms with Gasteiger partial charge in [0.1, 0.15) is 0 Å². The Morgan fingerprint density at radius 1 is 0.0676 bits per heavy atom. The molecular formula is C72H144Si2. The summed E-state index contributed by atoms with van der Waals surface area (Å²) in [5, 5.41) is 0. The Labute approximate surface area is 472 Å². The first-order valence-corrected chi connectivity index (χ1v) is 42.5. The smallest absolute Gasteiger partial charge is 0.0535 e. The fourth-order valence-electron chi connectivity index (χ4n) is 15.4. The lowest BCUT2D eigenvalue weighted by Gasteiger charge is -2.33. The van der Waals surface area contributed by atoms with Gasteiger partial charge in [0, 0.05) is 0 Å². The van der Waals surface area contributed by atoms with E-state index in [1.165, 1.54) is 308 Å². The first-order valence-electron chi connectivity index (χ1n) is 36.8. The maximum absolute atomic E-state index is 1.70. The van der Waals surface area contributed by atoms with Crippen LogP contribution in [0.2, 0.25) is 48.4 Å². The van der Waals surface area contributed by atoms with Gasteiger partial charge in [-0.15, -0.1) is 0 Å². The van der Waals surface area contributed by atoms with E-state index in [-0.39, 0.29) is 0 Å². The van der Waals surface area contributed by atoms with Gasteiger partial charge in [-0.05, 0) is 0 Å². The molecule has 2 heteroatoms. The Balaban J connectivity index is 1.76. The van der Waals surface area contributed by atoms with Gasteiger partial charge in [0.15, 0.2) is 0 Å². The molecule has 0 aliphatic carbocycles. The first kappa shape index (κ1) is 68.7. The van der Waals surface area contributed by atoms with Gasteiger partial charge in [-0.1, -0.05) is 459 Å². The van der Waals surface area contributed by atoms with E-state index >= 15 is 0 Å². The van der Waals surface area contributed by atoms with E-state index in [0.29, 0.717) is 0 Å². The molecule has 0 aromatic rings. The summed E-state index contributed by atoms with van der Waals surface area (Å²) >= 11 is 0. The zero-order chi connectivity index (χ0) is 51.9. The third kappa shape index (κ3) is 43.3. The summed E-state index contributed by atoms with van der Waals surface area (Å²) in [7, 11) is -2.44. The van der Waals surface area contributed by atoms with Crippen LogP contribution >= 0.6 is 0 Å². The average Bonchev–Trinajstić information content (AvgIpc) is 3.40. The van der Waals surface area contributed by atoms with Crippen LogP contribution in [0.25, 0.3) is 0 Å². The van der Waals surface area contributed by atoms with Crippen molar-refractivity contribution in [1.29, 1.82) is 0 Å². The van der Waals surface area contributed by atoms with Crippen molar-refractivity contribution in [3.05, 3.63) is 0 Å². The van der Waals surface area contributed by atoms with E-state index in [0.717, 1.165) is 0 Å². The minimum Gasteiger partial charge on any atom is -0.0571 e. The monoisotopic (exact) mass is 1070 g/mol. The standard InChI is InChI=1S/C72H144Si2/c1-2-10-18-26-34-42-50-58-66-74-70-62-54-46-38-30-22-14-6-3-11-19-27-35-43-51-59-67-73(65-57-49-41-33-25-17-9-1,68-60-52-44-36-28-20-12-4-7-15-23-31-39-47-55-63-71-74)69-61-53-45-37-29-21-13-5-8-16-24-32-40-48-56-64-72-74/h1-72H2. The molecule has 0 saturated carbocycles. The van der Waals surface area contributed by atoms with Crippen molar-refractivity contribution in [3.63, 3.8) is 0 Å². The molecule has 2 bridgehead atoms. The van der Waals surface area contributed by atoms with E-state index in [2.05, 4.69) is 0 Å². The predicted molar refractivity (Wildman–Crippen MR) is 345 cm³/mol. The third-order valence-electron chi connectivity index (χ3n) is 20.7. The summed E-state index contributed by atoms with van der Waals surface area (Å²) < 4.78 is 0. The molecular weight excluding hydrogens is 921 g/mol. The third-order valence-corrected chi connectivity index (χ3v) is 32.0. The van der Waals surface area contributed by atoms with Gasteiger partial charge in [0.2, 0.25) is 0 Å². The van der Waals surface area contributed by atoms with Crippen molar-refractivity contribution in [2.75, 3.05) is 0 Å². The fraction of sp³-hybridized carbons (Fsp3) is 1.00. The molecule has 0 atom stereocenters. The maximum Gasteiger partial charge on any atom is 0.0535 e. The minimum atomic E-state index is -1.22. The molecule has 6 rings (SSSR count). The molecule has 74 heavy (non-hydrogen) atoms. The summed E-state index contributed by atoms with van der Waals surface area (Å²) in [6.45, 7) is 0. The Morgan fingerprint density at radius 3 is 0.189 bits per heavy atom. The molecule has 0 nitrogen and oxygen atoms in total. The highest BCUT2D eigenvalue weighted by atomic mass is 28.3. The number of hydrogen-bond donors (Lipinski definition) is 0. The number of rotatable bonds is 0. The van der Waals surface area contributed by atoms with Crippen molar-refractivity contribution < 1.29 is 0 Å². The summed E-state index contributed by atoms with van der Waals surface area (Å²) in [5.74, 6) is 0. The lowest BCUT2D eigenvalue weighted by Crippen LogP contribution is -2.34. The normalized spacial score (nSPS) is 28.5. The van der Waals surface area contributed by atoms with Gasteiger partial charge >= 0.3 is 0 Å². The van der Waals surface area contributed by atoms with E-state index in [4.69, 9.17) is 0 Å². The van der Waals surface area contributed by atoms with E-state index in [1.807, 2.05) is 0 Å². The predicted octanol–water partition coefficient (Wildman–Crippen LogP) is 27.9. The molecule has 0 unspecified atom stereocenters. The second-order valence-corrected chi connectivity index (χ2v) is 37.6. The van der Waals surface area contributed by atoms with Crippen molar-refractivity contribution in [2.45, 2.75) is 459 Å². The summed E-state index contributed by atoms with van der Waals surface area (Å²) in [6.07, 6.45) is 98.2. The van der Waals surface area contributed by atoms with Crippen LogP contribution in [0, 0.1) is 0 Å². The molecule has 0 radical (unpaired) electrons. The fourth-order valence-corrected chi connectivity index (χ4v) is 26.4. The molecule has 0 N–H and O–H groups in total. The molecule has 6 fully saturated rings. The van der Waals surface area contributed by atoms with Crippen molar-refractivity contribution in [2.24, 2.45) is 0 Å². The van der Waals surface area contributed by atoms with Crippen LogP contribution in [-0.2, 0) is 0 Å². The zero-order valence-electron chi connectivity index (χ0n) is 51.9. The highest BCUT2D eigenvalue weighted by Gasteiger charge is 2.32. The SMILES string of the molecule is C1CCCCCCCCC[Si]23CCCCCCCCCCCCCCCCCC[Si](CCCCCCCC1)(CCCCCCCCCCCCCCCCCC2)CCCCCCCCCCCCCCCCCC3. The molecule has 6 aliphatic rings. The molecule has 440 valence electrons. The van der Waals surface area contributed by atoms with Gasteiger partial charge in [-0.3, -0.25) is 0 Å².